The average Bonchev–Trinajstić information content (AvgIpc) is 3.15. The van der Waals surface area contributed by atoms with Crippen LogP contribution in [0.4, 0.5) is 5.69 Å². The van der Waals surface area contributed by atoms with E-state index in [1.54, 1.807) is 41.2 Å². The van der Waals surface area contributed by atoms with E-state index in [4.69, 9.17) is 16.3 Å². The Morgan fingerprint density at radius 1 is 1.24 bits per heavy atom. The molecule has 0 aliphatic heterocycles. The Bertz CT molecular complexity index is 898. The van der Waals surface area contributed by atoms with Gasteiger partial charge in [0.25, 0.3) is 5.91 Å². The van der Waals surface area contributed by atoms with Crippen LogP contribution >= 0.6 is 11.6 Å². The van der Waals surface area contributed by atoms with Crippen molar-refractivity contribution < 1.29 is 9.53 Å². The SMILES string of the molecule is Cc1nn(C)c(C)c1NC(=O)c1ccnn1COc1ccc(Cl)cc1. The Hall–Kier alpha value is -2.80. The van der Waals surface area contributed by atoms with Crippen LogP contribution < -0.4 is 10.1 Å². The topological polar surface area (TPSA) is 74.0 Å². The van der Waals surface area contributed by atoms with Gasteiger partial charge in [0, 0.05) is 18.3 Å². The number of amides is 1. The maximum atomic E-state index is 12.6. The Kier molecular flexibility index (Phi) is 4.76. The van der Waals surface area contributed by atoms with E-state index >= 15 is 0 Å². The van der Waals surface area contributed by atoms with Crippen LogP contribution in [0, 0.1) is 13.8 Å². The summed E-state index contributed by atoms with van der Waals surface area (Å²) < 4.78 is 8.86. The van der Waals surface area contributed by atoms with Gasteiger partial charge >= 0.3 is 0 Å². The van der Waals surface area contributed by atoms with Crippen LogP contribution in [0.3, 0.4) is 0 Å². The number of anilines is 1. The van der Waals surface area contributed by atoms with Crippen molar-refractivity contribution in [2.24, 2.45) is 7.05 Å². The predicted molar refractivity (Wildman–Crippen MR) is 94.9 cm³/mol. The minimum atomic E-state index is -0.267. The molecule has 0 aliphatic rings. The number of rotatable bonds is 5. The van der Waals surface area contributed by atoms with Crippen LogP contribution in [-0.4, -0.2) is 25.5 Å². The van der Waals surface area contributed by atoms with Crippen molar-refractivity contribution in [1.82, 2.24) is 19.6 Å². The summed E-state index contributed by atoms with van der Waals surface area (Å²) in [5.74, 6) is 0.376. The Morgan fingerprint density at radius 2 is 1.96 bits per heavy atom. The predicted octanol–water partition coefficient (Wildman–Crippen LogP) is 3.18. The fourth-order valence-electron chi connectivity index (χ4n) is 2.43. The van der Waals surface area contributed by atoms with Gasteiger partial charge < -0.3 is 10.1 Å². The summed E-state index contributed by atoms with van der Waals surface area (Å²) in [5.41, 5.74) is 2.75. The zero-order valence-electron chi connectivity index (χ0n) is 14.2. The molecule has 1 amide bonds. The summed E-state index contributed by atoms with van der Waals surface area (Å²) in [7, 11) is 1.84. The number of halogens is 1. The van der Waals surface area contributed by atoms with Crippen molar-refractivity contribution in [3.05, 3.63) is 58.6 Å². The summed E-state index contributed by atoms with van der Waals surface area (Å²) in [6.07, 6.45) is 1.56. The smallest absolute Gasteiger partial charge is 0.274 e. The third-order valence-electron chi connectivity index (χ3n) is 3.86. The second-order valence-electron chi connectivity index (χ2n) is 5.57. The summed E-state index contributed by atoms with van der Waals surface area (Å²) in [5, 5.41) is 12.0. The molecule has 0 saturated carbocycles. The Morgan fingerprint density at radius 3 is 2.60 bits per heavy atom. The molecule has 0 radical (unpaired) electrons. The quantitative estimate of drug-likeness (QED) is 0.759. The number of hydrogen-bond donors (Lipinski definition) is 1. The number of carbonyl (C=O) groups excluding carboxylic acids is 1. The van der Waals surface area contributed by atoms with Gasteiger partial charge in [-0.1, -0.05) is 11.6 Å². The lowest BCUT2D eigenvalue weighted by molar-refractivity contribution is 0.100. The number of nitrogens with zero attached hydrogens (tertiary/aromatic N) is 4. The molecule has 0 bridgehead atoms. The second kappa shape index (κ2) is 6.98. The lowest BCUT2D eigenvalue weighted by atomic mass is 10.3. The van der Waals surface area contributed by atoms with E-state index in [1.165, 1.54) is 4.68 Å². The molecule has 2 heterocycles. The first-order valence-corrected chi connectivity index (χ1v) is 8.05. The molecule has 3 rings (SSSR count). The highest BCUT2D eigenvalue weighted by atomic mass is 35.5. The molecule has 0 aliphatic carbocycles. The first kappa shape index (κ1) is 17.0. The van der Waals surface area contributed by atoms with Crippen molar-refractivity contribution in [3.63, 3.8) is 0 Å². The van der Waals surface area contributed by atoms with Crippen LogP contribution in [0.15, 0.2) is 36.5 Å². The fourth-order valence-corrected chi connectivity index (χ4v) is 2.55. The van der Waals surface area contributed by atoms with E-state index in [0.29, 0.717) is 22.2 Å². The molecule has 3 aromatic rings. The summed E-state index contributed by atoms with van der Waals surface area (Å²) in [4.78, 5) is 12.6. The fraction of sp³-hybridized carbons (Fsp3) is 0.235. The van der Waals surface area contributed by atoms with E-state index < -0.39 is 0 Å². The molecule has 0 saturated heterocycles. The maximum absolute atomic E-state index is 12.6. The molecule has 8 heteroatoms. The third-order valence-corrected chi connectivity index (χ3v) is 4.12. The van der Waals surface area contributed by atoms with Gasteiger partial charge in [0.2, 0.25) is 0 Å². The van der Waals surface area contributed by atoms with Crippen LogP contribution in [0.25, 0.3) is 0 Å². The van der Waals surface area contributed by atoms with Gasteiger partial charge in [-0.15, -0.1) is 0 Å². The van der Waals surface area contributed by atoms with Crippen LogP contribution in [-0.2, 0) is 13.8 Å². The van der Waals surface area contributed by atoms with E-state index in [1.807, 2.05) is 20.9 Å². The number of aryl methyl sites for hydroxylation is 2. The Labute approximate surface area is 150 Å². The largest absolute Gasteiger partial charge is 0.471 e. The minimum absolute atomic E-state index is 0.113. The minimum Gasteiger partial charge on any atom is -0.471 e. The van der Waals surface area contributed by atoms with Gasteiger partial charge in [0.1, 0.15) is 11.4 Å². The molecular formula is C17H18ClN5O2. The number of nitrogens with one attached hydrogen (secondary N) is 1. The van der Waals surface area contributed by atoms with Crippen molar-refractivity contribution in [2.75, 3.05) is 5.32 Å². The lowest BCUT2D eigenvalue weighted by Crippen LogP contribution is -2.20. The molecule has 0 unspecified atom stereocenters. The van der Waals surface area contributed by atoms with Crippen LogP contribution in [0.1, 0.15) is 21.9 Å². The highest BCUT2D eigenvalue weighted by molar-refractivity contribution is 6.30. The number of benzene rings is 1. The summed E-state index contributed by atoms with van der Waals surface area (Å²) in [6, 6.07) is 8.63. The van der Waals surface area contributed by atoms with Crippen LogP contribution in [0.2, 0.25) is 5.02 Å². The molecule has 1 N–H and O–H groups in total. The highest BCUT2D eigenvalue weighted by Gasteiger charge is 2.17. The second-order valence-corrected chi connectivity index (χ2v) is 6.00. The number of carbonyl (C=O) groups is 1. The van der Waals surface area contributed by atoms with Crippen molar-refractivity contribution >= 4 is 23.2 Å². The molecule has 0 spiro atoms. The third kappa shape index (κ3) is 3.66. The molecule has 130 valence electrons. The number of hydrogen-bond acceptors (Lipinski definition) is 4. The molecular weight excluding hydrogens is 342 g/mol. The summed E-state index contributed by atoms with van der Waals surface area (Å²) in [6.45, 7) is 3.86. The summed E-state index contributed by atoms with van der Waals surface area (Å²) >= 11 is 5.85. The highest BCUT2D eigenvalue weighted by Crippen LogP contribution is 2.20. The van der Waals surface area contributed by atoms with Gasteiger partial charge in [-0.25, -0.2) is 4.68 Å². The number of aromatic nitrogens is 4. The van der Waals surface area contributed by atoms with Crippen molar-refractivity contribution in [3.8, 4) is 5.75 Å². The first-order chi connectivity index (χ1) is 12.0. The van der Waals surface area contributed by atoms with Gasteiger partial charge in [-0.3, -0.25) is 9.48 Å². The molecule has 7 nitrogen and oxygen atoms in total. The zero-order valence-corrected chi connectivity index (χ0v) is 14.9. The van der Waals surface area contributed by atoms with Gasteiger partial charge in [0.15, 0.2) is 6.73 Å². The van der Waals surface area contributed by atoms with Crippen molar-refractivity contribution in [1.29, 1.82) is 0 Å². The molecule has 0 fully saturated rings. The van der Waals surface area contributed by atoms with Gasteiger partial charge in [-0.05, 0) is 44.2 Å². The molecule has 2 aromatic heterocycles. The van der Waals surface area contributed by atoms with Gasteiger partial charge in [-0.2, -0.15) is 10.2 Å². The normalized spacial score (nSPS) is 10.7. The van der Waals surface area contributed by atoms with E-state index in [9.17, 15) is 4.79 Å². The Balaban J connectivity index is 1.72. The van der Waals surface area contributed by atoms with Crippen molar-refractivity contribution in [2.45, 2.75) is 20.6 Å². The maximum Gasteiger partial charge on any atom is 0.274 e. The average molecular weight is 360 g/mol. The first-order valence-electron chi connectivity index (χ1n) is 7.67. The standard InChI is InChI=1S/C17H18ClN5O2/c1-11-16(12(2)22(3)21-11)20-17(24)15-8-9-19-23(15)10-25-14-6-4-13(18)5-7-14/h4-9H,10H2,1-3H3,(H,20,24). The van der Waals surface area contributed by atoms with E-state index in [2.05, 4.69) is 15.5 Å². The van der Waals surface area contributed by atoms with Crippen LogP contribution in [0.5, 0.6) is 5.75 Å². The molecule has 25 heavy (non-hydrogen) atoms. The molecule has 0 atom stereocenters. The van der Waals surface area contributed by atoms with E-state index in [-0.39, 0.29) is 12.6 Å². The monoisotopic (exact) mass is 359 g/mol. The lowest BCUT2D eigenvalue weighted by Gasteiger charge is -2.10. The molecule has 1 aromatic carbocycles. The van der Waals surface area contributed by atoms with Gasteiger partial charge in [0.05, 0.1) is 17.1 Å². The zero-order chi connectivity index (χ0) is 18.0. The number of ether oxygens (including phenoxy) is 1. The van der Waals surface area contributed by atoms with E-state index in [0.717, 1.165) is 11.4 Å².